The fraction of sp³-hybridized carbons (Fsp3) is 0.933. The molecule has 0 heterocycles. The Labute approximate surface area is 112 Å². The summed E-state index contributed by atoms with van der Waals surface area (Å²) in [5.74, 6) is 0.108. The predicted octanol–water partition coefficient (Wildman–Crippen LogP) is 2.69. The maximum Gasteiger partial charge on any atom is 0.224 e. The SMILES string of the molecule is CCC(CN)C(=O)NC1CC(C)(C)CC(C)(C)C1. The molecule has 0 saturated heterocycles. The lowest BCUT2D eigenvalue weighted by molar-refractivity contribution is -0.126. The monoisotopic (exact) mass is 254 g/mol. The molecule has 1 rings (SSSR count). The van der Waals surface area contributed by atoms with Gasteiger partial charge in [0.2, 0.25) is 5.91 Å². The van der Waals surface area contributed by atoms with Gasteiger partial charge in [-0.1, -0.05) is 34.6 Å². The lowest BCUT2D eigenvalue weighted by Crippen LogP contribution is -2.48. The standard InChI is InChI=1S/C15H30N2O/c1-6-11(9-16)13(18)17-12-7-14(2,3)10-15(4,5)8-12/h11-12H,6-10,16H2,1-5H3,(H,17,18). The fourth-order valence-electron chi connectivity index (χ4n) is 3.73. The van der Waals surface area contributed by atoms with Crippen molar-refractivity contribution in [1.29, 1.82) is 0 Å². The second-order valence-electron chi connectivity index (χ2n) is 7.46. The molecule has 0 aromatic carbocycles. The van der Waals surface area contributed by atoms with Gasteiger partial charge in [0.1, 0.15) is 0 Å². The van der Waals surface area contributed by atoms with E-state index in [1.807, 2.05) is 6.92 Å². The lowest BCUT2D eigenvalue weighted by Gasteiger charge is -2.45. The van der Waals surface area contributed by atoms with Gasteiger partial charge in [-0.2, -0.15) is 0 Å². The Hall–Kier alpha value is -0.570. The van der Waals surface area contributed by atoms with E-state index in [-0.39, 0.29) is 11.8 Å². The number of carbonyl (C=O) groups excluding carboxylic acids is 1. The molecule has 1 aliphatic rings. The normalized spacial score (nSPS) is 24.6. The average molecular weight is 254 g/mol. The van der Waals surface area contributed by atoms with Gasteiger partial charge in [-0.15, -0.1) is 0 Å². The highest BCUT2D eigenvalue weighted by atomic mass is 16.1. The topological polar surface area (TPSA) is 55.1 Å². The van der Waals surface area contributed by atoms with Gasteiger partial charge in [0.15, 0.2) is 0 Å². The first-order chi connectivity index (χ1) is 8.19. The molecule has 1 fully saturated rings. The van der Waals surface area contributed by atoms with E-state index in [2.05, 4.69) is 33.0 Å². The van der Waals surface area contributed by atoms with Gasteiger partial charge in [0.05, 0.1) is 0 Å². The molecule has 3 nitrogen and oxygen atoms in total. The summed E-state index contributed by atoms with van der Waals surface area (Å²) in [4.78, 5) is 12.1. The molecule has 1 aliphatic carbocycles. The third kappa shape index (κ3) is 4.27. The van der Waals surface area contributed by atoms with Crippen LogP contribution in [0.25, 0.3) is 0 Å². The minimum atomic E-state index is -0.0295. The van der Waals surface area contributed by atoms with E-state index in [0.29, 0.717) is 23.4 Å². The minimum absolute atomic E-state index is 0.0295. The number of carbonyl (C=O) groups is 1. The predicted molar refractivity (Wildman–Crippen MR) is 76.2 cm³/mol. The molecular formula is C15H30N2O. The van der Waals surface area contributed by atoms with Crippen LogP contribution in [-0.4, -0.2) is 18.5 Å². The van der Waals surface area contributed by atoms with E-state index in [9.17, 15) is 4.79 Å². The third-order valence-corrected chi connectivity index (χ3v) is 4.05. The van der Waals surface area contributed by atoms with E-state index in [0.717, 1.165) is 19.3 Å². The average Bonchev–Trinajstić information content (AvgIpc) is 2.13. The highest BCUT2D eigenvalue weighted by molar-refractivity contribution is 5.79. The van der Waals surface area contributed by atoms with Gasteiger partial charge in [-0.3, -0.25) is 4.79 Å². The van der Waals surface area contributed by atoms with E-state index in [1.165, 1.54) is 6.42 Å². The summed E-state index contributed by atoms with van der Waals surface area (Å²) in [6.45, 7) is 11.7. The van der Waals surface area contributed by atoms with Crippen LogP contribution in [0.5, 0.6) is 0 Å². The van der Waals surface area contributed by atoms with Crippen molar-refractivity contribution in [3.8, 4) is 0 Å². The van der Waals surface area contributed by atoms with Crippen LogP contribution in [0.4, 0.5) is 0 Å². The summed E-state index contributed by atoms with van der Waals surface area (Å²) in [5, 5.41) is 3.21. The number of nitrogens with two attached hydrogens (primary N) is 1. The van der Waals surface area contributed by atoms with E-state index < -0.39 is 0 Å². The fourth-order valence-corrected chi connectivity index (χ4v) is 3.73. The third-order valence-electron chi connectivity index (χ3n) is 4.05. The number of hydrogen-bond donors (Lipinski definition) is 2. The van der Waals surface area contributed by atoms with Crippen LogP contribution >= 0.6 is 0 Å². The van der Waals surface area contributed by atoms with Crippen LogP contribution in [0.1, 0.15) is 60.3 Å². The van der Waals surface area contributed by atoms with Crippen LogP contribution in [-0.2, 0) is 4.79 Å². The van der Waals surface area contributed by atoms with Crippen LogP contribution in [0.3, 0.4) is 0 Å². The number of nitrogens with one attached hydrogen (secondary N) is 1. The Bertz CT molecular complexity index is 277. The summed E-state index contributed by atoms with van der Waals surface area (Å²) in [7, 11) is 0. The van der Waals surface area contributed by atoms with E-state index >= 15 is 0 Å². The van der Waals surface area contributed by atoms with Crippen LogP contribution in [0.2, 0.25) is 0 Å². The number of amides is 1. The van der Waals surface area contributed by atoms with E-state index in [1.54, 1.807) is 0 Å². The second kappa shape index (κ2) is 5.60. The quantitative estimate of drug-likeness (QED) is 0.810. The smallest absolute Gasteiger partial charge is 0.224 e. The molecule has 0 aromatic heterocycles. The zero-order valence-corrected chi connectivity index (χ0v) is 12.7. The molecule has 1 saturated carbocycles. The van der Waals surface area contributed by atoms with Crippen molar-refractivity contribution in [3.63, 3.8) is 0 Å². The Morgan fingerprint density at radius 2 is 1.78 bits per heavy atom. The van der Waals surface area contributed by atoms with Crippen molar-refractivity contribution in [3.05, 3.63) is 0 Å². The lowest BCUT2D eigenvalue weighted by atomic mass is 9.63. The van der Waals surface area contributed by atoms with Crippen LogP contribution in [0, 0.1) is 16.7 Å². The van der Waals surface area contributed by atoms with Gasteiger partial charge in [0, 0.05) is 18.5 Å². The highest BCUT2D eigenvalue weighted by Crippen LogP contribution is 2.45. The summed E-state index contributed by atoms with van der Waals surface area (Å²) < 4.78 is 0. The van der Waals surface area contributed by atoms with Gasteiger partial charge >= 0.3 is 0 Å². The van der Waals surface area contributed by atoms with Gasteiger partial charge in [-0.25, -0.2) is 0 Å². The molecule has 0 aliphatic heterocycles. The maximum absolute atomic E-state index is 12.1. The minimum Gasteiger partial charge on any atom is -0.353 e. The Balaban J connectivity index is 2.64. The van der Waals surface area contributed by atoms with Crippen molar-refractivity contribution < 1.29 is 4.79 Å². The molecule has 3 heteroatoms. The Morgan fingerprint density at radius 3 is 2.17 bits per heavy atom. The van der Waals surface area contributed by atoms with Crippen LogP contribution in [0.15, 0.2) is 0 Å². The molecule has 0 bridgehead atoms. The maximum atomic E-state index is 12.1. The molecule has 0 aromatic rings. The van der Waals surface area contributed by atoms with Crippen molar-refractivity contribution in [2.24, 2.45) is 22.5 Å². The van der Waals surface area contributed by atoms with Crippen molar-refractivity contribution >= 4 is 5.91 Å². The Kier molecular flexibility index (Phi) is 4.82. The number of hydrogen-bond acceptors (Lipinski definition) is 2. The van der Waals surface area contributed by atoms with Gasteiger partial charge in [0.25, 0.3) is 0 Å². The largest absolute Gasteiger partial charge is 0.353 e. The van der Waals surface area contributed by atoms with E-state index in [4.69, 9.17) is 5.73 Å². The van der Waals surface area contributed by atoms with Gasteiger partial charge < -0.3 is 11.1 Å². The molecule has 1 unspecified atom stereocenters. The molecule has 18 heavy (non-hydrogen) atoms. The van der Waals surface area contributed by atoms with Crippen molar-refractivity contribution in [2.75, 3.05) is 6.54 Å². The van der Waals surface area contributed by atoms with Crippen LogP contribution < -0.4 is 11.1 Å². The Morgan fingerprint density at radius 1 is 1.28 bits per heavy atom. The second-order valence-corrected chi connectivity index (χ2v) is 7.46. The molecular weight excluding hydrogens is 224 g/mol. The highest BCUT2D eigenvalue weighted by Gasteiger charge is 2.39. The molecule has 106 valence electrons. The van der Waals surface area contributed by atoms with Gasteiger partial charge in [-0.05, 0) is 36.5 Å². The molecule has 0 spiro atoms. The summed E-state index contributed by atoms with van der Waals surface area (Å²) in [5.41, 5.74) is 6.25. The molecule has 3 N–H and O–H groups in total. The molecule has 1 atom stereocenters. The zero-order valence-electron chi connectivity index (χ0n) is 12.7. The summed E-state index contributed by atoms with van der Waals surface area (Å²) in [6, 6.07) is 0.303. The first kappa shape index (κ1) is 15.5. The summed E-state index contributed by atoms with van der Waals surface area (Å²) in [6.07, 6.45) is 4.19. The van der Waals surface area contributed by atoms with Crippen molar-refractivity contribution in [1.82, 2.24) is 5.32 Å². The zero-order chi connectivity index (χ0) is 14.0. The van der Waals surface area contributed by atoms with Crippen molar-refractivity contribution in [2.45, 2.75) is 66.3 Å². The molecule has 1 amide bonds. The number of rotatable bonds is 4. The molecule has 0 radical (unpaired) electrons. The first-order valence-electron chi connectivity index (χ1n) is 7.19. The summed E-state index contributed by atoms with van der Waals surface area (Å²) >= 11 is 0. The first-order valence-corrected chi connectivity index (χ1v) is 7.19.